The van der Waals surface area contributed by atoms with Crippen LogP contribution in [0.25, 0.3) is 22.4 Å². The topological polar surface area (TPSA) is 72.2 Å². The second kappa shape index (κ2) is 4.42. The summed E-state index contributed by atoms with van der Waals surface area (Å²) in [5.74, 6) is 0. The van der Waals surface area contributed by atoms with Crippen molar-refractivity contribution in [2.75, 3.05) is 0 Å². The third kappa shape index (κ3) is 1.70. The van der Waals surface area contributed by atoms with Gasteiger partial charge in [-0.15, -0.1) is 5.10 Å². The highest BCUT2D eigenvalue weighted by atomic mass is 16.2. The zero-order valence-electron chi connectivity index (χ0n) is 11.8. The number of H-pyrrole nitrogens is 1. The average Bonchev–Trinajstić information content (AvgIpc) is 2.86. The molecule has 2 aromatic carbocycles. The van der Waals surface area contributed by atoms with E-state index in [0.717, 1.165) is 5.56 Å². The number of nitrogens with one attached hydrogen (secondary N) is 1. The second-order valence-electron chi connectivity index (χ2n) is 5.16. The Morgan fingerprint density at radius 1 is 1.05 bits per heavy atom. The Balaban J connectivity index is 2.18. The van der Waals surface area contributed by atoms with Gasteiger partial charge in [-0.05, 0) is 36.8 Å². The first-order valence-electron chi connectivity index (χ1n) is 6.85. The summed E-state index contributed by atoms with van der Waals surface area (Å²) < 4.78 is 2.60. The van der Waals surface area contributed by atoms with Gasteiger partial charge in [-0.3, -0.25) is 4.79 Å². The van der Waals surface area contributed by atoms with Crippen LogP contribution in [0.4, 0.5) is 0 Å². The molecule has 108 valence electrons. The molecule has 0 aliphatic carbocycles. The molecule has 0 fully saturated rings. The summed E-state index contributed by atoms with van der Waals surface area (Å²) in [6, 6.07) is 14.6. The molecule has 0 radical (unpaired) electrons. The Morgan fingerprint density at radius 3 is 2.68 bits per heavy atom. The maximum atomic E-state index is 12.7. The maximum absolute atomic E-state index is 12.7. The SMILES string of the molecule is Cc1cccc(-n2nc3c(=O)[nH]c4ccccc4n3c2=O)c1. The van der Waals surface area contributed by atoms with Crippen molar-refractivity contribution < 1.29 is 0 Å². The van der Waals surface area contributed by atoms with Crippen molar-refractivity contribution >= 4 is 16.7 Å². The number of fused-ring (bicyclic) bond motifs is 3. The normalized spacial score (nSPS) is 11.3. The first kappa shape index (κ1) is 12.6. The van der Waals surface area contributed by atoms with Gasteiger partial charge in [-0.1, -0.05) is 24.3 Å². The third-order valence-electron chi connectivity index (χ3n) is 3.62. The molecule has 2 heterocycles. The van der Waals surface area contributed by atoms with Gasteiger partial charge in [-0.2, -0.15) is 4.68 Å². The molecule has 0 aliphatic rings. The van der Waals surface area contributed by atoms with Crippen LogP contribution < -0.4 is 11.2 Å². The Bertz CT molecular complexity index is 1130. The van der Waals surface area contributed by atoms with Crippen molar-refractivity contribution in [3.05, 3.63) is 74.9 Å². The molecule has 4 aromatic rings. The predicted molar refractivity (Wildman–Crippen MR) is 83.7 cm³/mol. The summed E-state index contributed by atoms with van der Waals surface area (Å²) in [5, 5.41) is 4.20. The highest BCUT2D eigenvalue weighted by Gasteiger charge is 2.14. The van der Waals surface area contributed by atoms with Crippen LogP contribution in [0.3, 0.4) is 0 Å². The van der Waals surface area contributed by atoms with Crippen molar-refractivity contribution in [1.82, 2.24) is 19.2 Å². The Morgan fingerprint density at radius 2 is 1.86 bits per heavy atom. The van der Waals surface area contributed by atoms with Crippen molar-refractivity contribution in [3.8, 4) is 5.69 Å². The van der Waals surface area contributed by atoms with Crippen molar-refractivity contribution in [2.45, 2.75) is 6.92 Å². The van der Waals surface area contributed by atoms with Gasteiger partial charge in [0, 0.05) is 0 Å². The maximum Gasteiger partial charge on any atom is 0.355 e. The summed E-state index contributed by atoms with van der Waals surface area (Å²) in [6.07, 6.45) is 0. The fourth-order valence-corrected chi connectivity index (χ4v) is 2.61. The molecule has 1 N–H and O–H groups in total. The number of para-hydroxylation sites is 2. The summed E-state index contributed by atoms with van der Waals surface area (Å²) in [6.45, 7) is 1.94. The zero-order valence-corrected chi connectivity index (χ0v) is 11.8. The lowest BCUT2D eigenvalue weighted by Gasteiger charge is -2.00. The van der Waals surface area contributed by atoms with Crippen LogP contribution in [0.15, 0.2) is 58.1 Å². The van der Waals surface area contributed by atoms with E-state index in [2.05, 4.69) is 10.1 Å². The Kier molecular flexibility index (Phi) is 2.53. The number of benzene rings is 2. The minimum atomic E-state index is -0.387. The molecule has 0 aliphatic heterocycles. The Hall–Kier alpha value is -3.15. The standard InChI is InChI=1S/C16H12N4O2/c1-10-5-4-6-11(9-10)20-16(22)19-13-8-3-2-7-12(13)17-15(21)14(19)18-20/h2-9H,1H3,(H,17,21). The van der Waals surface area contributed by atoms with Gasteiger partial charge in [0.2, 0.25) is 5.65 Å². The lowest BCUT2D eigenvalue weighted by Crippen LogP contribution is -2.21. The van der Waals surface area contributed by atoms with Crippen LogP contribution >= 0.6 is 0 Å². The fourth-order valence-electron chi connectivity index (χ4n) is 2.61. The number of hydrogen-bond acceptors (Lipinski definition) is 3. The quantitative estimate of drug-likeness (QED) is 0.579. The predicted octanol–water partition coefficient (Wildman–Crippen LogP) is 1.64. The van der Waals surface area contributed by atoms with Gasteiger partial charge in [0.1, 0.15) is 0 Å². The molecule has 0 spiro atoms. The van der Waals surface area contributed by atoms with Crippen LogP contribution in [0.5, 0.6) is 0 Å². The van der Waals surface area contributed by atoms with Gasteiger partial charge < -0.3 is 4.98 Å². The van der Waals surface area contributed by atoms with E-state index in [9.17, 15) is 9.59 Å². The molecular weight excluding hydrogens is 280 g/mol. The van der Waals surface area contributed by atoms with E-state index in [-0.39, 0.29) is 16.9 Å². The fraction of sp³-hybridized carbons (Fsp3) is 0.0625. The van der Waals surface area contributed by atoms with Crippen molar-refractivity contribution in [2.24, 2.45) is 0 Å². The van der Waals surface area contributed by atoms with Crippen LogP contribution in [0.2, 0.25) is 0 Å². The summed E-state index contributed by atoms with van der Waals surface area (Å²) in [7, 11) is 0. The van der Waals surface area contributed by atoms with E-state index in [1.165, 1.54) is 9.08 Å². The largest absolute Gasteiger partial charge is 0.355 e. The van der Waals surface area contributed by atoms with Gasteiger partial charge in [0.15, 0.2) is 0 Å². The van der Waals surface area contributed by atoms with Gasteiger partial charge in [-0.25, -0.2) is 9.20 Å². The van der Waals surface area contributed by atoms with Crippen LogP contribution in [0, 0.1) is 6.92 Å². The third-order valence-corrected chi connectivity index (χ3v) is 3.62. The number of rotatable bonds is 1. The van der Waals surface area contributed by atoms with Crippen molar-refractivity contribution in [1.29, 1.82) is 0 Å². The summed E-state index contributed by atoms with van der Waals surface area (Å²) in [5.41, 5.74) is 2.22. The van der Waals surface area contributed by atoms with Crippen LogP contribution in [0.1, 0.15) is 5.56 Å². The summed E-state index contributed by atoms with van der Waals surface area (Å²) in [4.78, 5) is 27.6. The van der Waals surface area contributed by atoms with E-state index >= 15 is 0 Å². The van der Waals surface area contributed by atoms with E-state index in [4.69, 9.17) is 0 Å². The molecule has 6 heteroatoms. The van der Waals surface area contributed by atoms with E-state index in [1.807, 2.05) is 31.2 Å². The molecule has 0 atom stereocenters. The lowest BCUT2D eigenvalue weighted by atomic mass is 10.2. The highest BCUT2D eigenvalue weighted by molar-refractivity contribution is 5.76. The van der Waals surface area contributed by atoms with Gasteiger partial charge in [0.05, 0.1) is 16.7 Å². The first-order chi connectivity index (χ1) is 10.6. The lowest BCUT2D eigenvalue weighted by molar-refractivity contribution is 0.841. The monoisotopic (exact) mass is 292 g/mol. The molecular formula is C16H12N4O2. The molecule has 0 saturated heterocycles. The van der Waals surface area contributed by atoms with Gasteiger partial charge >= 0.3 is 5.69 Å². The number of hydrogen-bond donors (Lipinski definition) is 1. The molecule has 22 heavy (non-hydrogen) atoms. The average molecular weight is 292 g/mol. The molecule has 2 aromatic heterocycles. The Labute approximate surface area is 124 Å². The number of aryl methyl sites for hydroxylation is 1. The zero-order chi connectivity index (χ0) is 15.3. The smallest absolute Gasteiger partial charge is 0.317 e. The molecule has 6 nitrogen and oxygen atoms in total. The van der Waals surface area contributed by atoms with Gasteiger partial charge in [0.25, 0.3) is 5.56 Å². The number of aromatic nitrogens is 4. The van der Waals surface area contributed by atoms with E-state index in [0.29, 0.717) is 16.7 Å². The van der Waals surface area contributed by atoms with Crippen molar-refractivity contribution in [3.63, 3.8) is 0 Å². The molecule has 4 rings (SSSR count). The minimum Gasteiger partial charge on any atom is -0.317 e. The highest BCUT2D eigenvalue weighted by Crippen LogP contribution is 2.11. The molecule has 0 saturated carbocycles. The molecule has 0 unspecified atom stereocenters. The number of nitrogens with zero attached hydrogens (tertiary/aromatic N) is 3. The second-order valence-corrected chi connectivity index (χ2v) is 5.16. The first-order valence-corrected chi connectivity index (χ1v) is 6.85. The van der Waals surface area contributed by atoms with E-state index < -0.39 is 0 Å². The van der Waals surface area contributed by atoms with E-state index in [1.54, 1.807) is 24.3 Å². The summed E-state index contributed by atoms with van der Waals surface area (Å²) >= 11 is 0. The molecule has 0 bridgehead atoms. The van der Waals surface area contributed by atoms with Crippen LogP contribution in [-0.4, -0.2) is 19.2 Å². The number of aromatic amines is 1. The molecule has 0 amide bonds. The minimum absolute atomic E-state index is 0.0882. The van der Waals surface area contributed by atoms with Crippen LogP contribution in [-0.2, 0) is 0 Å².